The normalized spacial score (nSPS) is 15.5. The van der Waals surface area contributed by atoms with Crippen LogP contribution in [0.25, 0.3) is 11.1 Å². The van der Waals surface area contributed by atoms with Crippen molar-refractivity contribution in [3.63, 3.8) is 0 Å². The summed E-state index contributed by atoms with van der Waals surface area (Å²) in [7, 11) is 1.60. The van der Waals surface area contributed by atoms with Gasteiger partial charge >= 0.3 is 0 Å². The molecule has 1 atom stereocenters. The van der Waals surface area contributed by atoms with Crippen LogP contribution >= 0.6 is 11.6 Å². The van der Waals surface area contributed by atoms with Gasteiger partial charge in [-0.2, -0.15) is 5.10 Å². The molecule has 0 saturated carbocycles. The molecule has 2 amide bonds. The third-order valence-corrected chi connectivity index (χ3v) is 4.89. The number of hydrogen-bond donors (Lipinski definition) is 2. The first-order chi connectivity index (χ1) is 13.6. The molecule has 1 aliphatic rings. The number of rotatable bonds is 4. The number of carbonyl (C=O) groups is 2. The van der Waals surface area contributed by atoms with Gasteiger partial charge in [0.15, 0.2) is 0 Å². The third kappa shape index (κ3) is 3.32. The quantitative estimate of drug-likeness (QED) is 0.703. The lowest BCUT2D eigenvalue weighted by Gasteiger charge is -2.24. The fourth-order valence-electron chi connectivity index (χ4n) is 3.13. The van der Waals surface area contributed by atoms with Gasteiger partial charge in [0.25, 0.3) is 0 Å². The van der Waals surface area contributed by atoms with Crippen LogP contribution in [0.1, 0.15) is 12.5 Å². The Bertz CT molecular complexity index is 1050. The van der Waals surface area contributed by atoms with Crippen molar-refractivity contribution in [2.24, 2.45) is 0 Å². The Labute approximate surface area is 166 Å². The number of amides is 2. The minimum absolute atomic E-state index is 0.00693. The maximum Gasteiger partial charge on any atom is 0.249 e. The molecule has 0 radical (unpaired) electrons. The predicted octanol–water partition coefficient (Wildman–Crippen LogP) is 3.73. The van der Waals surface area contributed by atoms with Crippen molar-refractivity contribution >= 4 is 34.9 Å². The molecular formula is C20H17ClN4O3. The van der Waals surface area contributed by atoms with Crippen molar-refractivity contribution in [3.8, 4) is 16.9 Å². The second kappa shape index (κ2) is 7.36. The predicted molar refractivity (Wildman–Crippen MR) is 107 cm³/mol. The average molecular weight is 397 g/mol. The van der Waals surface area contributed by atoms with E-state index in [0.717, 1.165) is 16.9 Å². The molecule has 28 heavy (non-hydrogen) atoms. The number of carbonyl (C=O) groups excluding carboxylic acids is 2. The van der Waals surface area contributed by atoms with Crippen LogP contribution in [0, 0.1) is 0 Å². The van der Waals surface area contributed by atoms with Gasteiger partial charge in [0.05, 0.1) is 30.4 Å². The van der Waals surface area contributed by atoms with Crippen molar-refractivity contribution < 1.29 is 14.3 Å². The molecule has 0 saturated heterocycles. The molecule has 2 N–H and O–H groups in total. The minimum Gasteiger partial charge on any atom is -0.497 e. The van der Waals surface area contributed by atoms with Crippen LogP contribution in [0.15, 0.2) is 54.7 Å². The van der Waals surface area contributed by atoms with Crippen molar-refractivity contribution in [1.82, 2.24) is 9.78 Å². The second-order valence-corrected chi connectivity index (χ2v) is 6.72. The van der Waals surface area contributed by atoms with Gasteiger partial charge in [0.1, 0.15) is 17.6 Å². The van der Waals surface area contributed by atoms with E-state index in [-0.39, 0.29) is 18.2 Å². The van der Waals surface area contributed by atoms with Gasteiger partial charge in [0.2, 0.25) is 11.8 Å². The molecule has 8 heteroatoms. The van der Waals surface area contributed by atoms with E-state index >= 15 is 0 Å². The van der Waals surface area contributed by atoms with Crippen LogP contribution in [0.2, 0.25) is 5.02 Å². The van der Waals surface area contributed by atoms with E-state index < -0.39 is 6.04 Å². The lowest BCUT2D eigenvalue weighted by atomic mass is 10.1. The molecule has 0 aliphatic carbocycles. The first-order valence-electron chi connectivity index (χ1n) is 8.64. The molecule has 2 aromatic carbocycles. The van der Waals surface area contributed by atoms with E-state index in [1.807, 2.05) is 24.3 Å². The van der Waals surface area contributed by atoms with Crippen molar-refractivity contribution in [3.05, 3.63) is 59.8 Å². The number of anilines is 2. The van der Waals surface area contributed by atoms with Gasteiger partial charge < -0.3 is 15.4 Å². The van der Waals surface area contributed by atoms with Crippen molar-refractivity contribution in [2.45, 2.75) is 12.5 Å². The summed E-state index contributed by atoms with van der Waals surface area (Å²) in [5.41, 5.74) is 2.07. The number of aromatic nitrogens is 2. The van der Waals surface area contributed by atoms with Gasteiger partial charge in [-0.25, -0.2) is 4.68 Å². The fourth-order valence-corrected chi connectivity index (χ4v) is 3.32. The standard InChI is InChI=1S/C20H17ClN4O3/c1-28-13-8-6-12(7-9-13)14-11-22-25-17(10-18(26)24-19(14)25)20(27)23-16-5-3-2-4-15(16)21/h2-9,11,17H,10H2,1H3,(H,23,27)(H,24,26)/t17-/m1/s1. The maximum atomic E-state index is 12.8. The first kappa shape index (κ1) is 18.1. The molecule has 142 valence electrons. The highest BCUT2D eigenvalue weighted by Gasteiger charge is 2.33. The first-order valence-corrected chi connectivity index (χ1v) is 9.02. The SMILES string of the molecule is COc1ccc(-c2cnn3c2NC(=O)C[C@@H]3C(=O)Nc2ccccc2Cl)cc1. The zero-order chi connectivity index (χ0) is 19.7. The van der Waals surface area contributed by atoms with E-state index in [1.165, 1.54) is 4.68 Å². The number of halogens is 1. The smallest absolute Gasteiger partial charge is 0.249 e. The zero-order valence-corrected chi connectivity index (χ0v) is 15.7. The van der Waals surface area contributed by atoms with Gasteiger partial charge in [-0.1, -0.05) is 35.9 Å². The fraction of sp³-hybridized carbons (Fsp3) is 0.150. The van der Waals surface area contributed by atoms with Crippen LogP contribution in [0.3, 0.4) is 0 Å². The molecule has 0 fully saturated rings. The second-order valence-electron chi connectivity index (χ2n) is 6.32. The molecule has 0 bridgehead atoms. The zero-order valence-electron chi connectivity index (χ0n) is 15.0. The van der Waals surface area contributed by atoms with Gasteiger partial charge in [0, 0.05) is 5.56 Å². The van der Waals surface area contributed by atoms with Crippen molar-refractivity contribution in [2.75, 3.05) is 17.7 Å². The molecule has 2 heterocycles. The Balaban J connectivity index is 1.66. The Morgan fingerprint density at radius 2 is 2.00 bits per heavy atom. The number of nitrogens with one attached hydrogen (secondary N) is 2. The molecule has 4 rings (SSSR count). The molecule has 0 spiro atoms. The number of methoxy groups -OCH3 is 1. The number of fused-ring (bicyclic) bond motifs is 1. The third-order valence-electron chi connectivity index (χ3n) is 4.56. The number of nitrogens with zero attached hydrogens (tertiary/aromatic N) is 2. The molecule has 7 nitrogen and oxygen atoms in total. The number of benzene rings is 2. The van der Waals surface area contributed by atoms with E-state index in [9.17, 15) is 9.59 Å². The minimum atomic E-state index is -0.771. The monoisotopic (exact) mass is 396 g/mol. The largest absolute Gasteiger partial charge is 0.497 e. The molecule has 3 aromatic rings. The highest BCUT2D eigenvalue weighted by molar-refractivity contribution is 6.33. The van der Waals surface area contributed by atoms with Crippen LogP contribution in [-0.2, 0) is 9.59 Å². The summed E-state index contributed by atoms with van der Waals surface area (Å²) in [6, 6.07) is 13.6. The Morgan fingerprint density at radius 1 is 1.25 bits per heavy atom. The molecule has 1 aromatic heterocycles. The van der Waals surface area contributed by atoms with E-state index in [2.05, 4.69) is 15.7 Å². The summed E-state index contributed by atoms with van der Waals surface area (Å²) in [4.78, 5) is 25.1. The summed E-state index contributed by atoms with van der Waals surface area (Å²) < 4.78 is 6.71. The molecule has 0 unspecified atom stereocenters. The van der Waals surface area contributed by atoms with Crippen molar-refractivity contribution in [1.29, 1.82) is 0 Å². The molecule has 1 aliphatic heterocycles. The van der Waals surface area contributed by atoms with Crippen LogP contribution in [-0.4, -0.2) is 28.7 Å². The van der Waals surface area contributed by atoms with E-state index in [4.69, 9.17) is 16.3 Å². The van der Waals surface area contributed by atoms with Gasteiger partial charge in [-0.15, -0.1) is 0 Å². The summed E-state index contributed by atoms with van der Waals surface area (Å²) in [6.45, 7) is 0. The Kier molecular flexibility index (Phi) is 4.75. The Hall–Kier alpha value is -3.32. The highest BCUT2D eigenvalue weighted by Crippen LogP contribution is 2.35. The lowest BCUT2D eigenvalue weighted by molar-refractivity contribution is -0.125. The Morgan fingerprint density at radius 3 is 2.71 bits per heavy atom. The summed E-state index contributed by atoms with van der Waals surface area (Å²) in [6.07, 6.45) is 1.63. The van der Waals surface area contributed by atoms with Gasteiger partial charge in [-0.05, 0) is 29.8 Å². The highest BCUT2D eigenvalue weighted by atomic mass is 35.5. The molecular weight excluding hydrogens is 380 g/mol. The van der Waals surface area contributed by atoms with E-state index in [1.54, 1.807) is 37.6 Å². The van der Waals surface area contributed by atoms with E-state index in [0.29, 0.717) is 16.5 Å². The average Bonchev–Trinajstić information content (AvgIpc) is 3.12. The number of ether oxygens (including phenoxy) is 1. The summed E-state index contributed by atoms with van der Waals surface area (Å²) in [5, 5.41) is 10.4. The summed E-state index contributed by atoms with van der Waals surface area (Å²) >= 11 is 6.12. The maximum absolute atomic E-state index is 12.8. The van der Waals surface area contributed by atoms with Gasteiger partial charge in [-0.3, -0.25) is 9.59 Å². The van der Waals surface area contributed by atoms with Crippen LogP contribution < -0.4 is 15.4 Å². The van der Waals surface area contributed by atoms with Crippen LogP contribution in [0.5, 0.6) is 5.75 Å². The number of hydrogen-bond acceptors (Lipinski definition) is 4. The topological polar surface area (TPSA) is 85.2 Å². The number of para-hydroxylation sites is 1. The lowest BCUT2D eigenvalue weighted by Crippen LogP contribution is -2.35. The van der Waals surface area contributed by atoms with Crippen LogP contribution in [0.4, 0.5) is 11.5 Å². The summed E-state index contributed by atoms with van der Waals surface area (Å²) in [5.74, 6) is 0.613.